The lowest BCUT2D eigenvalue weighted by molar-refractivity contribution is 0.0695. The molecule has 0 saturated heterocycles. The predicted molar refractivity (Wildman–Crippen MR) is 65.0 cm³/mol. The lowest BCUT2D eigenvalue weighted by Crippen LogP contribution is -2.01. The Kier molecular flexibility index (Phi) is 3.23. The minimum absolute atomic E-state index is 0.221. The number of carboxylic acid groups (broad SMARTS) is 1. The molecule has 18 heavy (non-hydrogen) atoms. The van der Waals surface area contributed by atoms with E-state index in [1.165, 1.54) is 12.4 Å². The molecule has 5 heteroatoms. The zero-order valence-electron chi connectivity index (χ0n) is 10.0. The summed E-state index contributed by atoms with van der Waals surface area (Å²) in [6, 6.07) is 6.57. The molecule has 92 valence electrons. The average molecular weight is 244 g/mol. The molecule has 0 spiro atoms. The largest absolute Gasteiger partial charge is 0.478 e. The fourth-order valence-corrected chi connectivity index (χ4v) is 1.56. The monoisotopic (exact) mass is 244 g/mol. The third-order valence-electron chi connectivity index (χ3n) is 2.51. The summed E-state index contributed by atoms with van der Waals surface area (Å²) in [4.78, 5) is 18.9. The molecule has 5 nitrogen and oxygen atoms in total. The van der Waals surface area contributed by atoms with Crippen LogP contribution >= 0.6 is 0 Å². The predicted octanol–water partition coefficient (Wildman–Crippen LogP) is 2.58. The molecule has 0 amide bonds. The van der Waals surface area contributed by atoms with Crippen molar-refractivity contribution in [3.05, 3.63) is 47.4 Å². The van der Waals surface area contributed by atoms with Crippen LogP contribution in [0.1, 0.15) is 21.6 Å². The van der Waals surface area contributed by atoms with Gasteiger partial charge in [-0.2, -0.15) is 0 Å². The van der Waals surface area contributed by atoms with Crippen molar-refractivity contribution in [1.29, 1.82) is 0 Å². The van der Waals surface area contributed by atoms with Gasteiger partial charge in [-0.3, -0.25) is 0 Å². The van der Waals surface area contributed by atoms with Crippen molar-refractivity contribution in [2.45, 2.75) is 13.8 Å². The Hall–Kier alpha value is -2.43. The van der Waals surface area contributed by atoms with E-state index in [0.717, 1.165) is 5.69 Å². The lowest BCUT2D eigenvalue weighted by Gasteiger charge is -2.09. The molecule has 0 unspecified atom stereocenters. The topological polar surface area (TPSA) is 72.3 Å². The molecule has 2 aromatic rings. The van der Waals surface area contributed by atoms with Crippen LogP contribution in [0.25, 0.3) is 0 Å². The van der Waals surface area contributed by atoms with Crippen LogP contribution in [0, 0.1) is 13.8 Å². The fourth-order valence-electron chi connectivity index (χ4n) is 1.56. The van der Waals surface area contributed by atoms with E-state index in [4.69, 9.17) is 9.84 Å². The molecule has 2 rings (SSSR count). The van der Waals surface area contributed by atoms with E-state index < -0.39 is 5.97 Å². The number of nitrogens with zero attached hydrogens (tertiary/aromatic N) is 2. The van der Waals surface area contributed by atoms with Gasteiger partial charge in [-0.15, -0.1) is 0 Å². The molecular weight excluding hydrogens is 232 g/mol. The zero-order chi connectivity index (χ0) is 13.1. The number of hydrogen-bond donors (Lipinski definition) is 1. The molecule has 0 aliphatic carbocycles. The summed E-state index contributed by atoms with van der Waals surface area (Å²) in [6.07, 6.45) is 1.40. The molecule has 1 aromatic carbocycles. The number of aromatic carboxylic acids is 1. The second-order valence-corrected chi connectivity index (χ2v) is 3.83. The van der Waals surface area contributed by atoms with E-state index in [2.05, 4.69) is 9.97 Å². The zero-order valence-corrected chi connectivity index (χ0v) is 10.0. The highest BCUT2D eigenvalue weighted by atomic mass is 16.5. The highest BCUT2D eigenvalue weighted by Gasteiger charge is 2.11. The normalized spacial score (nSPS) is 10.1. The van der Waals surface area contributed by atoms with E-state index in [9.17, 15) is 4.79 Å². The van der Waals surface area contributed by atoms with Crippen LogP contribution in [0.3, 0.4) is 0 Å². The third-order valence-corrected chi connectivity index (χ3v) is 2.51. The maximum atomic E-state index is 11.0. The molecule has 0 aliphatic rings. The second-order valence-electron chi connectivity index (χ2n) is 3.83. The molecule has 0 radical (unpaired) electrons. The van der Waals surface area contributed by atoms with Crippen molar-refractivity contribution in [1.82, 2.24) is 9.97 Å². The third kappa shape index (κ3) is 2.45. The first-order valence-electron chi connectivity index (χ1n) is 5.37. The van der Waals surface area contributed by atoms with Gasteiger partial charge in [-0.25, -0.2) is 14.8 Å². The number of rotatable bonds is 3. The number of benzene rings is 1. The van der Waals surface area contributed by atoms with Crippen molar-refractivity contribution in [3.63, 3.8) is 0 Å². The van der Waals surface area contributed by atoms with E-state index in [1.54, 1.807) is 25.1 Å². The highest BCUT2D eigenvalue weighted by molar-refractivity contribution is 5.90. The van der Waals surface area contributed by atoms with Gasteiger partial charge >= 0.3 is 5.97 Å². The SMILES string of the molecule is Cc1cc(Oc2cccc(C(=O)O)c2C)ncn1. The van der Waals surface area contributed by atoms with Crippen molar-refractivity contribution < 1.29 is 14.6 Å². The summed E-state index contributed by atoms with van der Waals surface area (Å²) in [5, 5.41) is 9.02. The van der Waals surface area contributed by atoms with Crippen molar-refractivity contribution in [2.24, 2.45) is 0 Å². The van der Waals surface area contributed by atoms with Gasteiger partial charge in [0, 0.05) is 17.3 Å². The molecule has 0 atom stereocenters. The van der Waals surface area contributed by atoms with E-state index in [1.807, 2.05) is 6.92 Å². The summed E-state index contributed by atoms with van der Waals surface area (Å²) in [5.74, 6) is -0.0991. The van der Waals surface area contributed by atoms with Crippen LogP contribution in [-0.4, -0.2) is 21.0 Å². The fraction of sp³-hybridized carbons (Fsp3) is 0.154. The van der Waals surface area contributed by atoms with E-state index in [-0.39, 0.29) is 5.56 Å². The van der Waals surface area contributed by atoms with E-state index in [0.29, 0.717) is 17.2 Å². The maximum absolute atomic E-state index is 11.0. The Morgan fingerprint density at radius 3 is 2.72 bits per heavy atom. The van der Waals surface area contributed by atoms with Crippen molar-refractivity contribution in [2.75, 3.05) is 0 Å². The Morgan fingerprint density at radius 2 is 2.06 bits per heavy atom. The van der Waals surface area contributed by atoms with Crippen molar-refractivity contribution >= 4 is 5.97 Å². The van der Waals surface area contributed by atoms with Crippen LogP contribution in [0.4, 0.5) is 0 Å². The number of carbonyl (C=O) groups is 1. The number of carboxylic acids is 1. The molecule has 1 aromatic heterocycles. The number of aryl methyl sites for hydroxylation is 1. The first-order valence-corrected chi connectivity index (χ1v) is 5.37. The Balaban J connectivity index is 2.35. The molecule has 1 N–H and O–H groups in total. The average Bonchev–Trinajstić information content (AvgIpc) is 2.31. The molecular formula is C13H12N2O3. The standard InChI is InChI=1S/C13H12N2O3/c1-8-6-12(15-7-14-8)18-11-5-3-4-10(9(11)2)13(16)17/h3-7H,1-2H3,(H,16,17). The molecule has 0 bridgehead atoms. The molecule has 0 saturated carbocycles. The number of hydrogen-bond acceptors (Lipinski definition) is 4. The first-order chi connectivity index (χ1) is 8.58. The van der Waals surface area contributed by atoms with Crippen LogP contribution in [-0.2, 0) is 0 Å². The van der Waals surface area contributed by atoms with Gasteiger partial charge in [0.25, 0.3) is 0 Å². The van der Waals surface area contributed by atoms with Crippen LogP contribution in [0.5, 0.6) is 11.6 Å². The van der Waals surface area contributed by atoms with Gasteiger partial charge in [0.15, 0.2) is 0 Å². The Labute approximate surface area is 104 Å². The maximum Gasteiger partial charge on any atom is 0.336 e. The van der Waals surface area contributed by atoms with Gasteiger partial charge in [-0.1, -0.05) is 6.07 Å². The van der Waals surface area contributed by atoms with Crippen LogP contribution in [0.15, 0.2) is 30.6 Å². The molecule has 1 heterocycles. The van der Waals surface area contributed by atoms with Gasteiger partial charge < -0.3 is 9.84 Å². The first kappa shape index (κ1) is 12.0. The van der Waals surface area contributed by atoms with Gasteiger partial charge in [0.05, 0.1) is 5.56 Å². The van der Waals surface area contributed by atoms with Crippen molar-refractivity contribution in [3.8, 4) is 11.6 Å². The number of ether oxygens (including phenoxy) is 1. The Bertz CT molecular complexity index is 597. The summed E-state index contributed by atoms with van der Waals surface area (Å²) in [5.41, 5.74) is 1.58. The summed E-state index contributed by atoms with van der Waals surface area (Å²) < 4.78 is 5.57. The quantitative estimate of drug-likeness (QED) is 0.898. The van der Waals surface area contributed by atoms with Gasteiger partial charge in [-0.05, 0) is 26.0 Å². The molecule has 0 aliphatic heterocycles. The Morgan fingerprint density at radius 1 is 1.28 bits per heavy atom. The number of aromatic nitrogens is 2. The lowest BCUT2D eigenvalue weighted by atomic mass is 10.1. The summed E-state index contributed by atoms with van der Waals surface area (Å²) in [7, 11) is 0. The summed E-state index contributed by atoms with van der Waals surface area (Å²) in [6.45, 7) is 3.53. The summed E-state index contributed by atoms with van der Waals surface area (Å²) >= 11 is 0. The second kappa shape index (κ2) is 4.83. The van der Waals surface area contributed by atoms with Gasteiger partial charge in [0.2, 0.25) is 5.88 Å². The molecule has 0 fully saturated rings. The van der Waals surface area contributed by atoms with E-state index >= 15 is 0 Å². The van der Waals surface area contributed by atoms with Crippen LogP contribution < -0.4 is 4.74 Å². The minimum Gasteiger partial charge on any atom is -0.478 e. The van der Waals surface area contributed by atoms with Gasteiger partial charge in [0.1, 0.15) is 12.1 Å². The highest BCUT2D eigenvalue weighted by Crippen LogP contribution is 2.25. The van der Waals surface area contributed by atoms with Crippen LogP contribution in [0.2, 0.25) is 0 Å². The smallest absolute Gasteiger partial charge is 0.336 e. The minimum atomic E-state index is -0.975.